The zero-order valence-corrected chi connectivity index (χ0v) is 12.5. The van der Waals surface area contributed by atoms with E-state index in [4.69, 9.17) is 4.74 Å². The van der Waals surface area contributed by atoms with Crippen molar-refractivity contribution in [3.05, 3.63) is 34.9 Å². The van der Waals surface area contributed by atoms with Gasteiger partial charge >= 0.3 is 0 Å². The van der Waals surface area contributed by atoms with Crippen LogP contribution in [0.2, 0.25) is 0 Å². The van der Waals surface area contributed by atoms with Crippen molar-refractivity contribution in [3.63, 3.8) is 0 Å². The standard InChI is InChI=1S/C17H27NO/c1-4-9-18-17(15-7-10-19-11-8-15)16-6-5-13(2)12-14(16)3/h5-6,12,15,17-18H,4,7-11H2,1-3H3. The number of nitrogens with one attached hydrogen (secondary N) is 1. The van der Waals surface area contributed by atoms with Gasteiger partial charge in [0.15, 0.2) is 0 Å². The quantitative estimate of drug-likeness (QED) is 0.871. The van der Waals surface area contributed by atoms with Gasteiger partial charge in [-0.25, -0.2) is 0 Å². The van der Waals surface area contributed by atoms with Crippen molar-refractivity contribution in [2.24, 2.45) is 5.92 Å². The van der Waals surface area contributed by atoms with Crippen LogP contribution >= 0.6 is 0 Å². The molecule has 1 saturated heterocycles. The van der Waals surface area contributed by atoms with E-state index < -0.39 is 0 Å². The monoisotopic (exact) mass is 261 g/mol. The van der Waals surface area contributed by atoms with Crippen LogP contribution < -0.4 is 5.32 Å². The third-order valence-corrected chi connectivity index (χ3v) is 4.11. The lowest BCUT2D eigenvalue weighted by Crippen LogP contribution is -2.33. The molecule has 0 radical (unpaired) electrons. The maximum Gasteiger partial charge on any atom is 0.0469 e. The number of aryl methyl sites for hydroxylation is 2. The Labute approximate surface area is 117 Å². The molecule has 1 aliphatic heterocycles. The molecule has 1 atom stereocenters. The molecule has 1 fully saturated rings. The summed E-state index contributed by atoms with van der Waals surface area (Å²) in [6.07, 6.45) is 3.54. The molecule has 0 spiro atoms. The van der Waals surface area contributed by atoms with Gasteiger partial charge in [-0.05, 0) is 56.7 Å². The van der Waals surface area contributed by atoms with Crippen molar-refractivity contribution in [3.8, 4) is 0 Å². The minimum atomic E-state index is 0.490. The van der Waals surface area contributed by atoms with E-state index in [9.17, 15) is 0 Å². The molecule has 0 amide bonds. The van der Waals surface area contributed by atoms with Gasteiger partial charge < -0.3 is 10.1 Å². The fourth-order valence-electron chi connectivity index (χ4n) is 3.05. The van der Waals surface area contributed by atoms with Crippen LogP contribution in [-0.2, 0) is 4.74 Å². The highest BCUT2D eigenvalue weighted by molar-refractivity contribution is 5.33. The van der Waals surface area contributed by atoms with Gasteiger partial charge in [-0.2, -0.15) is 0 Å². The molecule has 0 aliphatic carbocycles. The second-order valence-corrected chi connectivity index (χ2v) is 5.74. The third-order valence-electron chi connectivity index (χ3n) is 4.11. The smallest absolute Gasteiger partial charge is 0.0469 e. The van der Waals surface area contributed by atoms with Crippen molar-refractivity contribution in [1.82, 2.24) is 5.32 Å². The van der Waals surface area contributed by atoms with E-state index in [2.05, 4.69) is 44.3 Å². The summed E-state index contributed by atoms with van der Waals surface area (Å²) in [7, 11) is 0. The largest absolute Gasteiger partial charge is 0.381 e. The summed E-state index contributed by atoms with van der Waals surface area (Å²) in [5.74, 6) is 0.710. The third kappa shape index (κ3) is 3.80. The van der Waals surface area contributed by atoms with Crippen LogP contribution in [0.4, 0.5) is 0 Å². The molecule has 0 saturated carbocycles. The van der Waals surface area contributed by atoms with E-state index in [1.165, 1.54) is 36.0 Å². The molecule has 0 aromatic heterocycles. The van der Waals surface area contributed by atoms with Crippen LogP contribution in [0.15, 0.2) is 18.2 Å². The fraction of sp³-hybridized carbons (Fsp3) is 0.647. The first-order chi connectivity index (χ1) is 9.22. The Morgan fingerprint density at radius 2 is 2.00 bits per heavy atom. The molecule has 2 rings (SSSR count). The minimum absolute atomic E-state index is 0.490. The lowest BCUT2D eigenvalue weighted by Gasteiger charge is -2.32. The van der Waals surface area contributed by atoms with Crippen molar-refractivity contribution < 1.29 is 4.74 Å². The number of benzene rings is 1. The molecule has 2 nitrogen and oxygen atoms in total. The highest BCUT2D eigenvalue weighted by Crippen LogP contribution is 2.32. The van der Waals surface area contributed by atoms with Crippen LogP contribution in [-0.4, -0.2) is 19.8 Å². The van der Waals surface area contributed by atoms with Gasteiger partial charge in [0.05, 0.1) is 0 Å². The Balaban J connectivity index is 2.19. The molecule has 106 valence electrons. The molecule has 1 heterocycles. The Bertz CT molecular complexity index is 396. The van der Waals surface area contributed by atoms with Gasteiger partial charge in [-0.1, -0.05) is 30.7 Å². The molecule has 1 N–H and O–H groups in total. The van der Waals surface area contributed by atoms with Crippen LogP contribution in [0.1, 0.15) is 48.9 Å². The predicted molar refractivity (Wildman–Crippen MR) is 80.5 cm³/mol. The van der Waals surface area contributed by atoms with E-state index in [0.29, 0.717) is 12.0 Å². The Hall–Kier alpha value is -0.860. The van der Waals surface area contributed by atoms with Gasteiger partial charge in [0, 0.05) is 19.3 Å². The van der Waals surface area contributed by atoms with Gasteiger partial charge in [0.25, 0.3) is 0 Å². The summed E-state index contributed by atoms with van der Waals surface area (Å²) in [5.41, 5.74) is 4.24. The SMILES string of the molecule is CCCNC(c1ccc(C)cc1C)C1CCOCC1. The summed E-state index contributed by atoms with van der Waals surface area (Å²) in [6, 6.07) is 7.34. The molecule has 1 aromatic rings. The summed E-state index contributed by atoms with van der Waals surface area (Å²) in [4.78, 5) is 0. The zero-order valence-electron chi connectivity index (χ0n) is 12.5. The first-order valence-electron chi connectivity index (χ1n) is 7.60. The van der Waals surface area contributed by atoms with E-state index >= 15 is 0 Å². The van der Waals surface area contributed by atoms with Crippen molar-refractivity contribution in [1.29, 1.82) is 0 Å². The summed E-state index contributed by atoms with van der Waals surface area (Å²) < 4.78 is 5.51. The topological polar surface area (TPSA) is 21.3 Å². The molecule has 1 unspecified atom stereocenters. The molecular formula is C17H27NO. The average Bonchev–Trinajstić information content (AvgIpc) is 2.42. The van der Waals surface area contributed by atoms with E-state index in [0.717, 1.165) is 19.8 Å². The first kappa shape index (κ1) is 14.5. The van der Waals surface area contributed by atoms with E-state index in [-0.39, 0.29) is 0 Å². The van der Waals surface area contributed by atoms with Crippen molar-refractivity contribution in [2.45, 2.75) is 46.1 Å². The van der Waals surface area contributed by atoms with E-state index in [1.54, 1.807) is 0 Å². The Morgan fingerprint density at radius 1 is 1.26 bits per heavy atom. The zero-order chi connectivity index (χ0) is 13.7. The summed E-state index contributed by atoms with van der Waals surface area (Å²) in [6.45, 7) is 9.56. The van der Waals surface area contributed by atoms with Crippen LogP contribution in [0.25, 0.3) is 0 Å². The second kappa shape index (κ2) is 7.06. The summed E-state index contributed by atoms with van der Waals surface area (Å²) in [5, 5.41) is 3.76. The molecular weight excluding hydrogens is 234 g/mol. The molecule has 1 aromatic carbocycles. The predicted octanol–water partition coefficient (Wildman–Crippen LogP) is 3.77. The number of hydrogen-bond donors (Lipinski definition) is 1. The lowest BCUT2D eigenvalue weighted by molar-refractivity contribution is 0.0535. The Kier molecular flexibility index (Phi) is 5.41. The average molecular weight is 261 g/mol. The minimum Gasteiger partial charge on any atom is -0.381 e. The highest BCUT2D eigenvalue weighted by Gasteiger charge is 2.25. The number of ether oxygens (including phenoxy) is 1. The Morgan fingerprint density at radius 3 is 2.63 bits per heavy atom. The van der Waals surface area contributed by atoms with Crippen LogP contribution in [0.5, 0.6) is 0 Å². The van der Waals surface area contributed by atoms with Crippen LogP contribution in [0, 0.1) is 19.8 Å². The van der Waals surface area contributed by atoms with Gasteiger partial charge in [-0.3, -0.25) is 0 Å². The number of rotatable bonds is 5. The normalized spacial score (nSPS) is 18.5. The second-order valence-electron chi connectivity index (χ2n) is 5.74. The van der Waals surface area contributed by atoms with E-state index in [1.807, 2.05) is 0 Å². The van der Waals surface area contributed by atoms with Crippen molar-refractivity contribution in [2.75, 3.05) is 19.8 Å². The fourth-order valence-corrected chi connectivity index (χ4v) is 3.05. The molecule has 2 heteroatoms. The lowest BCUT2D eigenvalue weighted by atomic mass is 9.85. The molecule has 1 aliphatic rings. The number of hydrogen-bond acceptors (Lipinski definition) is 2. The van der Waals surface area contributed by atoms with Crippen molar-refractivity contribution >= 4 is 0 Å². The molecule has 0 bridgehead atoms. The summed E-state index contributed by atoms with van der Waals surface area (Å²) >= 11 is 0. The van der Waals surface area contributed by atoms with Gasteiger partial charge in [0.2, 0.25) is 0 Å². The highest BCUT2D eigenvalue weighted by atomic mass is 16.5. The van der Waals surface area contributed by atoms with Gasteiger partial charge in [-0.15, -0.1) is 0 Å². The first-order valence-corrected chi connectivity index (χ1v) is 7.60. The molecule has 19 heavy (non-hydrogen) atoms. The van der Waals surface area contributed by atoms with Gasteiger partial charge in [0.1, 0.15) is 0 Å². The maximum atomic E-state index is 5.51. The van der Waals surface area contributed by atoms with Crippen LogP contribution in [0.3, 0.4) is 0 Å². The maximum absolute atomic E-state index is 5.51.